The molecule has 1 aromatic rings. The Morgan fingerprint density at radius 1 is 1.15 bits per heavy atom. The van der Waals surface area contributed by atoms with Crippen LogP contribution in [0.4, 0.5) is 0 Å². The van der Waals surface area contributed by atoms with Crippen molar-refractivity contribution in [2.24, 2.45) is 5.92 Å². The van der Waals surface area contributed by atoms with Crippen molar-refractivity contribution in [3.05, 3.63) is 60.2 Å². The number of hydrogen-bond acceptors (Lipinski definition) is 4. The molecule has 0 bridgehead atoms. The quantitative estimate of drug-likeness (QED) is 0.202. The van der Waals surface area contributed by atoms with E-state index in [0.717, 1.165) is 42.6 Å². The Balaban J connectivity index is 2.71. The Morgan fingerprint density at radius 3 is 2.59 bits per heavy atom. The van der Waals surface area contributed by atoms with Crippen molar-refractivity contribution in [3.8, 4) is 5.75 Å². The second-order valence-corrected chi connectivity index (χ2v) is 6.20. The minimum Gasteiger partial charge on any atom is -0.491 e. The monoisotopic (exact) mass is 372 g/mol. The van der Waals surface area contributed by atoms with Gasteiger partial charge in [0.05, 0.1) is 13.2 Å². The van der Waals surface area contributed by atoms with Gasteiger partial charge >= 0.3 is 0 Å². The van der Waals surface area contributed by atoms with Gasteiger partial charge in [0.2, 0.25) is 0 Å². The SMILES string of the molecule is CCCCOCCOc1ccc(C(/C=C\COC)=C/C(C)/C=C/C=O)cc1. The second-order valence-electron chi connectivity index (χ2n) is 6.20. The molecule has 0 saturated carbocycles. The first kappa shape index (κ1) is 22.9. The van der Waals surface area contributed by atoms with Gasteiger partial charge in [-0.2, -0.15) is 0 Å². The van der Waals surface area contributed by atoms with Gasteiger partial charge in [-0.1, -0.05) is 56.7 Å². The highest BCUT2D eigenvalue weighted by Crippen LogP contribution is 2.22. The van der Waals surface area contributed by atoms with E-state index in [-0.39, 0.29) is 5.92 Å². The summed E-state index contributed by atoms with van der Waals surface area (Å²) in [4.78, 5) is 10.5. The molecular weight excluding hydrogens is 340 g/mol. The van der Waals surface area contributed by atoms with Crippen LogP contribution in [0.25, 0.3) is 5.57 Å². The van der Waals surface area contributed by atoms with E-state index >= 15 is 0 Å². The minimum absolute atomic E-state index is 0.147. The topological polar surface area (TPSA) is 44.8 Å². The molecule has 0 heterocycles. The van der Waals surface area contributed by atoms with Crippen LogP contribution in [0.3, 0.4) is 0 Å². The molecule has 0 N–H and O–H groups in total. The molecule has 0 spiro atoms. The van der Waals surface area contributed by atoms with Gasteiger partial charge in [0.15, 0.2) is 0 Å². The van der Waals surface area contributed by atoms with E-state index in [2.05, 4.69) is 13.0 Å². The van der Waals surface area contributed by atoms with Crippen molar-refractivity contribution in [3.63, 3.8) is 0 Å². The molecule has 0 aromatic heterocycles. The molecule has 1 unspecified atom stereocenters. The molecule has 0 amide bonds. The Kier molecular flexibility index (Phi) is 12.7. The first-order valence-electron chi connectivity index (χ1n) is 9.51. The fourth-order valence-electron chi connectivity index (χ4n) is 2.39. The van der Waals surface area contributed by atoms with Crippen molar-refractivity contribution in [2.45, 2.75) is 26.7 Å². The highest BCUT2D eigenvalue weighted by molar-refractivity contribution is 5.75. The zero-order chi connectivity index (χ0) is 19.7. The third kappa shape index (κ3) is 10.5. The van der Waals surface area contributed by atoms with E-state index in [1.807, 2.05) is 49.4 Å². The van der Waals surface area contributed by atoms with Crippen LogP contribution in [0.5, 0.6) is 5.75 Å². The summed E-state index contributed by atoms with van der Waals surface area (Å²) in [6.07, 6.45) is 12.5. The Hall–Kier alpha value is -2.17. The van der Waals surface area contributed by atoms with E-state index in [1.165, 1.54) is 6.08 Å². The molecular formula is C23H32O4. The normalized spacial score (nSPS) is 13.4. The maximum atomic E-state index is 10.5. The van der Waals surface area contributed by atoms with Crippen LogP contribution >= 0.6 is 0 Å². The van der Waals surface area contributed by atoms with E-state index in [4.69, 9.17) is 14.2 Å². The Bertz CT molecular complexity index is 599. The fourth-order valence-corrected chi connectivity index (χ4v) is 2.39. The number of carbonyl (C=O) groups is 1. The average Bonchev–Trinajstić information content (AvgIpc) is 2.69. The van der Waals surface area contributed by atoms with Crippen molar-refractivity contribution < 1.29 is 19.0 Å². The second kappa shape index (κ2) is 14.9. The number of aldehydes is 1. The van der Waals surface area contributed by atoms with Crippen LogP contribution in [-0.2, 0) is 14.3 Å². The van der Waals surface area contributed by atoms with E-state index in [0.29, 0.717) is 19.8 Å². The Morgan fingerprint density at radius 2 is 1.93 bits per heavy atom. The van der Waals surface area contributed by atoms with E-state index in [9.17, 15) is 4.79 Å². The lowest BCUT2D eigenvalue weighted by Crippen LogP contribution is -2.07. The summed E-state index contributed by atoms with van der Waals surface area (Å²) < 4.78 is 16.3. The third-order valence-corrected chi connectivity index (χ3v) is 3.82. The van der Waals surface area contributed by atoms with Crippen molar-refractivity contribution >= 4 is 11.9 Å². The van der Waals surface area contributed by atoms with Crippen molar-refractivity contribution in [1.29, 1.82) is 0 Å². The highest BCUT2D eigenvalue weighted by atomic mass is 16.5. The molecule has 1 rings (SSSR count). The van der Waals surface area contributed by atoms with E-state index < -0.39 is 0 Å². The molecule has 0 radical (unpaired) electrons. The number of carbonyl (C=O) groups excluding carboxylic acids is 1. The van der Waals surface area contributed by atoms with Crippen molar-refractivity contribution in [2.75, 3.05) is 33.5 Å². The fraction of sp³-hybridized carbons (Fsp3) is 0.435. The summed E-state index contributed by atoms with van der Waals surface area (Å²) >= 11 is 0. The molecule has 4 nitrogen and oxygen atoms in total. The van der Waals surface area contributed by atoms with Gasteiger partial charge in [-0.05, 0) is 41.7 Å². The summed E-state index contributed by atoms with van der Waals surface area (Å²) in [6, 6.07) is 8.00. The molecule has 27 heavy (non-hydrogen) atoms. The lowest BCUT2D eigenvalue weighted by molar-refractivity contribution is -0.104. The van der Waals surface area contributed by atoms with Crippen LogP contribution in [0, 0.1) is 5.92 Å². The highest BCUT2D eigenvalue weighted by Gasteiger charge is 2.02. The number of hydrogen-bond donors (Lipinski definition) is 0. The maximum absolute atomic E-state index is 10.5. The van der Waals surface area contributed by atoms with Crippen LogP contribution in [0.1, 0.15) is 32.3 Å². The van der Waals surface area contributed by atoms with E-state index in [1.54, 1.807) is 7.11 Å². The standard InChI is InChI=1S/C23H32O4/c1-4-5-16-26-17-18-27-23-12-10-21(11-13-23)22(9-7-15-25-3)19-20(2)8-6-14-24/h6-14,19-20H,4-5,15-18H2,1-3H3/b8-6+,9-7-,22-19+. The number of benzene rings is 1. The molecule has 0 fully saturated rings. The van der Waals surface area contributed by atoms with Crippen LogP contribution in [0.15, 0.2) is 54.6 Å². The molecule has 0 saturated heterocycles. The van der Waals surface area contributed by atoms with Crippen molar-refractivity contribution in [1.82, 2.24) is 0 Å². The lowest BCUT2D eigenvalue weighted by Gasteiger charge is -2.10. The minimum atomic E-state index is 0.147. The number of rotatable bonds is 14. The zero-order valence-corrected chi connectivity index (χ0v) is 16.7. The summed E-state index contributed by atoms with van der Waals surface area (Å²) in [5, 5.41) is 0. The smallest absolute Gasteiger partial charge is 0.142 e. The third-order valence-electron chi connectivity index (χ3n) is 3.82. The molecule has 148 valence electrons. The molecule has 0 aliphatic heterocycles. The lowest BCUT2D eigenvalue weighted by atomic mass is 10.00. The number of allylic oxidation sites excluding steroid dienone is 5. The first-order valence-corrected chi connectivity index (χ1v) is 9.51. The predicted octanol–water partition coefficient (Wildman–Crippen LogP) is 4.86. The van der Waals surface area contributed by atoms with Gasteiger partial charge in [0.1, 0.15) is 18.6 Å². The number of ether oxygens (including phenoxy) is 3. The summed E-state index contributed by atoms with van der Waals surface area (Å²) in [6.45, 7) is 6.68. The van der Waals surface area contributed by atoms with Gasteiger partial charge in [0, 0.05) is 13.7 Å². The largest absolute Gasteiger partial charge is 0.491 e. The van der Waals surface area contributed by atoms with Gasteiger partial charge in [-0.3, -0.25) is 4.79 Å². The van der Waals surface area contributed by atoms with Crippen LogP contribution in [0.2, 0.25) is 0 Å². The number of methoxy groups -OCH3 is 1. The molecule has 0 aliphatic rings. The van der Waals surface area contributed by atoms with Gasteiger partial charge < -0.3 is 14.2 Å². The summed E-state index contributed by atoms with van der Waals surface area (Å²) in [7, 11) is 1.67. The zero-order valence-electron chi connectivity index (χ0n) is 16.7. The average molecular weight is 373 g/mol. The van der Waals surface area contributed by atoms with Crippen LogP contribution in [-0.4, -0.2) is 39.8 Å². The van der Waals surface area contributed by atoms with Gasteiger partial charge in [-0.15, -0.1) is 0 Å². The predicted molar refractivity (Wildman–Crippen MR) is 111 cm³/mol. The molecule has 4 heteroatoms. The maximum Gasteiger partial charge on any atom is 0.142 e. The summed E-state index contributed by atoms with van der Waals surface area (Å²) in [5.74, 6) is 0.973. The van der Waals surface area contributed by atoms with Gasteiger partial charge in [-0.25, -0.2) is 0 Å². The first-order chi connectivity index (χ1) is 13.2. The Labute approximate surface area is 163 Å². The summed E-state index contributed by atoms with van der Waals surface area (Å²) in [5.41, 5.74) is 2.16. The van der Waals surface area contributed by atoms with Gasteiger partial charge in [0.25, 0.3) is 0 Å². The molecule has 0 aliphatic carbocycles. The number of unbranched alkanes of at least 4 members (excludes halogenated alkanes) is 1. The van der Waals surface area contributed by atoms with Crippen LogP contribution < -0.4 is 4.74 Å². The molecule has 1 aromatic carbocycles. The molecule has 1 atom stereocenters.